The normalized spacial score (nSPS) is 16.9. The highest BCUT2D eigenvalue weighted by Crippen LogP contribution is 2.23. The summed E-state index contributed by atoms with van der Waals surface area (Å²) in [5.74, 6) is -0.286. The Bertz CT molecular complexity index is 480. The van der Waals surface area contributed by atoms with Gasteiger partial charge in [0.05, 0.1) is 6.42 Å². The van der Waals surface area contributed by atoms with Gasteiger partial charge >= 0.3 is 6.36 Å². The largest absolute Gasteiger partial charge is 0.573 e. The maximum atomic E-state index is 12.1. The number of piperazine rings is 1. The zero-order valence-electron chi connectivity index (χ0n) is 11.7. The highest BCUT2D eigenvalue weighted by molar-refractivity contribution is 5.78. The fourth-order valence-corrected chi connectivity index (χ4v) is 2.15. The van der Waals surface area contributed by atoms with Gasteiger partial charge in [-0.05, 0) is 24.7 Å². The number of hydrogen-bond donors (Lipinski definition) is 0. The van der Waals surface area contributed by atoms with Crippen molar-refractivity contribution in [2.45, 2.75) is 12.8 Å². The van der Waals surface area contributed by atoms with Gasteiger partial charge < -0.3 is 14.5 Å². The van der Waals surface area contributed by atoms with E-state index in [2.05, 4.69) is 9.64 Å². The second-order valence-electron chi connectivity index (χ2n) is 5.05. The van der Waals surface area contributed by atoms with Crippen LogP contribution >= 0.6 is 0 Å². The molecule has 1 heterocycles. The molecule has 4 nitrogen and oxygen atoms in total. The van der Waals surface area contributed by atoms with Crippen molar-refractivity contribution in [3.05, 3.63) is 29.8 Å². The molecule has 0 N–H and O–H groups in total. The molecule has 21 heavy (non-hydrogen) atoms. The highest BCUT2D eigenvalue weighted by Gasteiger charge is 2.31. The van der Waals surface area contributed by atoms with Crippen LogP contribution in [-0.4, -0.2) is 55.3 Å². The molecule has 1 fully saturated rings. The molecule has 1 aliphatic rings. The number of carbonyl (C=O) groups is 1. The highest BCUT2D eigenvalue weighted by atomic mass is 19.4. The van der Waals surface area contributed by atoms with E-state index in [0.717, 1.165) is 13.1 Å². The minimum absolute atomic E-state index is 0.00686. The molecule has 1 aromatic carbocycles. The molecule has 116 valence electrons. The van der Waals surface area contributed by atoms with Crippen LogP contribution in [-0.2, 0) is 11.2 Å². The molecule has 0 radical (unpaired) electrons. The van der Waals surface area contributed by atoms with Gasteiger partial charge in [0.15, 0.2) is 0 Å². The zero-order valence-corrected chi connectivity index (χ0v) is 11.7. The van der Waals surface area contributed by atoms with Crippen molar-refractivity contribution < 1.29 is 22.7 Å². The molecule has 1 amide bonds. The molecule has 0 aliphatic carbocycles. The van der Waals surface area contributed by atoms with Crippen LogP contribution in [0.25, 0.3) is 0 Å². The second-order valence-corrected chi connectivity index (χ2v) is 5.05. The standard InChI is InChI=1S/C14H17F3N2O2/c1-18-6-8-19(9-7-18)13(20)10-11-2-4-12(5-3-11)21-14(15,16)17/h2-5H,6-10H2,1H3. The van der Waals surface area contributed by atoms with Crippen LogP contribution in [0.1, 0.15) is 5.56 Å². The number of carbonyl (C=O) groups excluding carboxylic acids is 1. The molecule has 1 saturated heterocycles. The number of rotatable bonds is 3. The summed E-state index contributed by atoms with van der Waals surface area (Å²) in [6, 6.07) is 5.41. The van der Waals surface area contributed by atoms with Gasteiger partial charge in [-0.15, -0.1) is 13.2 Å². The molecule has 2 rings (SSSR count). The molecule has 0 bridgehead atoms. The lowest BCUT2D eigenvalue weighted by molar-refractivity contribution is -0.274. The number of amides is 1. The van der Waals surface area contributed by atoms with Crippen molar-refractivity contribution in [2.75, 3.05) is 33.2 Å². The Morgan fingerprint density at radius 3 is 2.24 bits per heavy atom. The fraction of sp³-hybridized carbons (Fsp3) is 0.500. The summed E-state index contributed by atoms with van der Waals surface area (Å²) in [7, 11) is 2.00. The number of nitrogens with zero attached hydrogens (tertiary/aromatic N) is 2. The van der Waals surface area contributed by atoms with Crippen LogP contribution in [0.5, 0.6) is 5.75 Å². The van der Waals surface area contributed by atoms with E-state index in [1.165, 1.54) is 24.3 Å². The molecule has 0 atom stereocenters. The Kier molecular flexibility index (Phi) is 4.72. The summed E-state index contributed by atoms with van der Waals surface area (Å²) in [5, 5.41) is 0. The Labute approximate surface area is 121 Å². The van der Waals surface area contributed by atoms with Gasteiger partial charge in [0, 0.05) is 26.2 Å². The number of halogens is 3. The maximum absolute atomic E-state index is 12.1. The summed E-state index contributed by atoms with van der Waals surface area (Å²) in [6.45, 7) is 3.05. The van der Waals surface area contributed by atoms with Crippen molar-refractivity contribution >= 4 is 5.91 Å². The van der Waals surface area contributed by atoms with E-state index in [4.69, 9.17) is 0 Å². The summed E-state index contributed by atoms with van der Waals surface area (Å²) < 4.78 is 39.9. The first-order valence-electron chi connectivity index (χ1n) is 6.64. The molecule has 0 aromatic heterocycles. The van der Waals surface area contributed by atoms with Gasteiger partial charge in [-0.25, -0.2) is 0 Å². The average Bonchev–Trinajstić information content (AvgIpc) is 2.40. The Hall–Kier alpha value is -1.76. The third-order valence-corrected chi connectivity index (χ3v) is 3.37. The smallest absolute Gasteiger partial charge is 0.406 e. The minimum Gasteiger partial charge on any atom is -0.406 e. The number of ether oxygens (including phenoxy) is 1. The van der Waals surface area contributed by atoms with Crippen LogP contribution in [0.2, 0.25) is 0 Å². The number of benzene rings is 1. The van der Waals surface area contributed by atoms with Gasteiger partial charge in [0.25, 0.3) is 0 Å². The molecular formula is C14H17F3N2O2. The number of alkyl halides is 3. The van der Waals surface area contributed by atoms with Crippen LogP contribution in [0.3, 0.4) is 0 Å². The van der Waals surface area contributed by atoms with Crippen molar-refractivity contribution in [1.82, 2.24) is 9.80 Å². The first kappa shape index (κ1) is 15.6. The zero-order chi connectivity index (χ0) is 15.5. The number of hydrogen-bond acceptors (Lipinski definition) is 3. The van der Waals surface area contributed by atoms with Gasteiger partial charge in [0.2, 0.25) is 5.91 Å². The summed E-state index contributed by atoms with van der Waals surface area (Å²) >= 11 is 0. The average molecular weight is 302 g/mol. The molecule has 7 heteroatoms. The van der Waals surface area contributed by atoms with Crippen LogP contribution in [0, 0.1) is 0 Å². The predicted octanol–water partition coefficient (Wildman–Crippen LogP) is 1.90. The van der Waals surface area contributed by atoms with E-state index in [1.807, 2.05) is 7.05 Å². The number of likely N-dealkylation sites (N-methyl/N-ethyl adjacent to an activating group) is 1. The van der Waals surface area contributed by atoms with E-state index in [1.54, 1.807) is 4.90 Å². The first-order valence-corrected chi connectivity index (χ1v) is 6.64. The predicted molar refractivity (Wildman–Crippen MR) is 70.9 cm³/mol. The quantitative estimate of drug-likeness (QED) is 0.855. The monoisotopic (exact) mass is 302 g/mol. The van der Waals surface area contributed by atoms with Gasteiger partial charge in [-0.3, -0.25) is 4.79 Å². The molecule has 0 spiro atoms. The lowest BCUT2D eigenvalue weighted by atomic mass is 10.1. The van der Waals surface area contributed by atoms with Crippen molar-refractivity contribution in [3.8, 4) is 5.75 Å². The molecule has 0 unspecified atom stereocenters. The molecule has 1 aliphatic heterocycles. The van der Waals surface area contributed by atoms with Crippen molar-refractivity contribution in [1.29, 1.82) is 0 Å². The molecular weight excluding hydrogens is 285 g/mol. The van der Waals surface area contributed by atoms with Gasteiger partial charge in [-0.1, -0.05) is 12.1 Å². The second kappa shape index (κ2) is 6.34. The minimum atomic E-state index is -4.70. The van der Waals surface area contributed by atoms with E-state index in [0.29, 0.717) is 18.7 Å². The Morgan fingerprint density at radius 1 is 1.14 bits per heavy atom. The van der Waals surface area contributed by atoms with Crippen LogP contribution < -0.4 is 4.74 Å². The Morgan fingerprint density at radius 2 is 1.71 bits per heavy atom. The summed E-state index contributed by atoms with van der Waals surface area (Å²) in [5.41, 5.74) is 0.674. The van der Waals surface area contributed by atoms with Crippen molar-refractivity contribution in [3.63, 3.8) is 0 Å². The summed E-state index contributed by atoms with van der Waals surface area (Å²) in [4.78, 5) is 16.0. The van der Waals surface area contributed by atoms with Gasteiger partial charge in [-0.2, -0.15) is 0 Å². The van der Waals surface area contributed by atoms with E-state index in [9.17, 15) is 18.0 Å². The summed E-state index contributed by atoms with van der Waals surface area (Å²) in [6.07, 6.45) is -4.51. The molecule has 0 saturated carbocycles. The first-order chi connectivity index (χ1) is 9.83. The van der Waals surface area contributed by atoms with E-state index >= 15 is 0 Å². The fourth-order valence-electron chi connectivity index (χ4n) is 2.15. The lowest BCUT2D eigenvalue weighted by Crippen LogP contribution is -2.47. The van der Waals surface area contributed by atoms with Gasteiger partial charge in [0.1, 0.15) is 5.75 Å². The van der Waals surface area contributed by atoms with Crippen molar-refractivity contribution in [2.24, 2.45) is 0 Å². The molecule has 1 aromatic rings. The van der Waals surface area contributed by atoms with Crippen LogP contribution in [0.4, 0.5) is 13.2 Å². The topological polar surface area (TPSA) is 32.8 Å². The SMILES string of the molecule is CN1CCN(C(=O)Cc2ccc(OC(F)(F)F)cc2)CC1. The third-order valence-electron chi connectivity index (χ3n) is 3.37. The van der Waals surface area contributed by atoms with E-state index in [-0.39, 0.29) is 18.1 Å². The lowest BCUT2D eigenvalue weighted by Gasteiger charge is -2.32. The van der Waals surface area contributed by atoms with Crippen LogP contribution in [0.15, 0.2) is 24.3 Å². The van der Waals surface area contributed by atoms with E-state index < -0.39 is 6.36 Å². The maximum Gasteiger partial charge on any atom is 0.573 e. The Balaban J connectivity index is 1.89. The third kappa shape index (κ3) is 4.93.